The van der Waals surface area contributed by atoms with E-state index in [-0.39, 0.29) is 0 Å². The van der Waals surface area contributed by atoms with Crippen molar-refractivity contribution in [2.24, 2.45) is 0 Å². The maximum atomic E-state index is 2.37. The second kappa shape index (κ2) is 5.31. The van der Waals surface area contributed by atoms with E-state index in [1.165, 1.54) is 33.6 Å². The first-order valence-corrected chi connectivity index (χ1v) is 7.06. The number of halogens is 1. The number of rotatable bonds is 2. The van der Waals surface area contributed by atoms with Crippen molar-refractivity contribution in [3.8, 4) is 0 Å². The van der Waals surface area contributed by atoms with Gasteiger partial charge in [-0.05, 0) is 62.6 Å². The number of nitrogens with zero attached hydrogens (tertiary/aromatic N) is 1. The number of anilines is 2. The molecule has 0 saturated carbocycles. The van der Waals surface area contributed by atoms with E-state index in [1.54, 1.807) is 0 Å². The first-order valence-electron chi connectivity index (χ1n) is 6.09. The minimum atomic E-state index is 1.22. The molecule has 18 heavy (non-hydrogen) atoms. The predicted molar refractivity (Wildman–Crippen MR) is 88.0 cm³/mol. The molecule has 0 saturated heterocycles. The van der Waals surface area contributed by atoms with Gasteiger partial charge in [0.05, 0.1) is 34.2 Å². The Hall–Kier alpha value is -1.03. The SMILES string of the molecule is Cc1ccc(N(I)c2cc(C)c(C)cc2C)cc1. The van der Waals surface area contributed by atoms with Crippen LogP contribution in [0.1, 0.15) is 22.3 Å². The van der Waals surface area contributed by atoms with Crippen molar-refractivity contribution >= 4 is 34.2 Å². The summed E-state index contributed by atoms with van der Waals surface area (Å²) in [7, 11) is 0. The molecular formula is C16H18IN. The summed E-state index contributed by atoms with van der Waals surface area (Å²) in [5.41, 5.74) is 7.78. The molecule has 94 valence electrons. The molecule has 1 nitrogen and oxygen atoms in total. The van der Waals surface area contributed by atoms with Crippen LogP contribution in [0, 0.1) is 27.7 Å². The van der Waals surface area contributed by atoms with Gasteiger partial charge in [-0.3, -0.25) is 3.11 Å². The highest BCUT2D eigenvalue weighted by Crippen LogP contribution is 2.33. The Balaban J connectivity index is 2.42. The van der Waals surface area contributed by atoms with Gasteiger partial charge in [0.2, 0.25) is 0 Å². The largest absolute Gasteiger partial charge is 0.283 e. The van der Waals surface area contributed by atoms with Crippen LogP contribution in [0.3, 0.4) is 0 Å². The fourth-order valence-electron chi connectivity index (χ4n) is 1.97. The minimum Gasteiger partial charge on any atom is -0.283 e. The van der Waals surface area contributed by atoms with Gasteiger partial charge >= 0.3 is 0 Å². The van der Waals surface area contributed by atoms with Crippen molar-refractivity contribution < 1.29 is 0 Å². The predicted octanol–water partition coefficient (Wildman–Crippen LogP) is 5.41. The second-order valence-corrected chi connectivity index (χ2v) is 5.80. The lowest BCUT2D eigenvalue weighted by atomic mass is 10.0. The first-order chi connectivity index (χ1) is 8.49. The Morgan fingerprint density at radius 2 is 1.33 bits per heavy atom. The Bertz CT molecular complexity index is 558. The Labute approximate surface area is 123 Å². The molecule has 0 bridgehead atoms. The Morgan fingerprint density at radius 1 is 0.778 bits per heavy atom. The van der Waals surface area contributed by atoms with E-state index in [9.17, 15) is 0 Å². The van der Waals surface area contributed by atoms with Crippen LogP contribution in [0.15, 0.2) is 36.4 Å². The van der Waals surface area contributed by atoms with Crippen molar-refractivity contribution in [1.82, 2.24) is 0 Å². The van der Waals surface area contributed by atoms with E-state index < -0.39 is 0 Å². The molecule has 0 spiro atoms. The highest BCUT2D eigenvalue weighted by molar-refractivity contribution is 14.1. The molecule has 0 unspecified atom stereocenters. The van der Waals surface area contributed by atoms with Crippen molar-refractivity contribution in [1.29, 1.82) is 0 Å². The highest BCUT2D eigenvalue weighted by atomic mass is 127. The van der Waals surface area contributed by atoms with Gasteiger partial charge < -0.3 is 0 Å². The third-order valence-electron chi connectivity index (χ3n) is 3.28. The zero-order chi connectivity index (χ0) is 13.3. The van der Waals surface area contributed by atoms with Crippen LogP contribution in [0.2, 0.25) is 0 Å². The summed E-state index contributed by atoms with van der Waals surface area (Å²) >= 11 is 2.37. The molecule has 2 aromatic rings. The van der Waals surface area contributed by atoms with Gasteiger partial charge in [0, 0.05) is 0 Å². The van der Waals surface area contributed by atoms with Gasteiger partial charge in [-0.15, -0.1) is 0 Å². The summed E-state index contributed by atoms with van der Waals surface area (Å²) in [6, 6.07) is 13.1. The molecule has 0 amide bonds. The van der Waals surface area contributed by atoms with Crippen molar-refractivity contribution in [3.05, 3.63) is 58.7 Å². The third kappa shape index (κ3) is 2.69. The molecular weight excluding hydrogens is 333 g/mol. The molecule has 2 rings (SSSR count). The van der Waals surface area contributed by atoms with E-state index in [1.807, 2.05) is 0 Å². The summed E-state index contributed by atoms with van der Waals surface area (Å²) in [6.07, 6.45) is 0. The zero-order valence-electron chi connectivity index (χ0n) is 11.3. The van der Waals surface area contributed by atoms with Gasteiger partial charge in [0.25, 0.3) is 0 Å². The standard InChI is InChI=1S/C16H18IN/c1-11-5-7-15(8-6-11)18(17)16-10-13(3)12(2)9-14(16)4/h5-10H,1-4H3. The maximum absolute atomic E-state index is 2.37. The smallest absolute Gasteiger partial charge is 0.0646 e. The number of hydrogen-bond donors (Lipinski definition) is 0. The molecule has 0 aromatic heterocycles. The first kappa shape index (κ1) is 13.4. The van der Waals surface area contributed by atoms with Gasteiger partial charge in [-0.1, -0.05) is 23.8 Å². The van der Waals surface area contributed by atoms with Gasteiger partial charge in [-0.2, -0.15) is 0 Å². The Kier molecular flexibility index (Phi) is 3.95. The molecule has 0 radical (unpaired) electrons. The maximum Gasteiger partial charge on any atom is 0.0646 e. The van der Waals surface area contributed by atoms with E-state index in [0.29, 0.717) is 0 Å². The lowest BCUT2D eigenvalue weighted by Gasteiger charge is -2.20. The van der Waals surface area contributed by atoms with Gasteiger partial charge in [-0.25, -0.2) is 0 Å². The van der Waals surface area contributed by atoms with Crippen molar-refractivity contribution in [3.63, 3.8) is 0 Å². The van der Waals surface area contributed by atoms with Gasteiger partial charge in [0.1, 0.15) is 0 Å². The molecule has 0 aliphatic rings. The molecule has 0 aliphatic carbocycles. The molecule has 2 aromatic carbocycles. The quantitative estimate of drug-likeness (QED) is 0.517. The van der Waals surface area contributed by atoms with Crippen LogP contribution in [-0.4, -0.2) is 0 Å². The van der Waals surface area contributed by atoms with E-state index in [2.05, 4.69) is 90.1 Å². The average molecular weight is 351 g/mol. The molecule has 0 heterocycles. The summed E-state index contributed by atoms with van der Waals surface area (Å²) in [5, 5.41) is 0. The summed E-state index contributed by atoms with van der Waals surface area (Å²) < 4.78 is 2.22. The molecule has 2 heteroatoms. The van der Waals surface area contributed by atoms with Crippen LogP contribution in [0.4, 0.5) is 11.4 Å². The van der Waals surface area contributed by atoms with E-state index in [4.69, 9.17) is 0 Å². The number of aryl methyl sites for hydroxylation is 4. The van der Waals surface area contributed by atoms with E-state index in [0.717, 1.165) is 0 Å². The van der Waals surface area contributed by atoms with Crippen LogP contribution in [0.5, 0.6) is 0 Å². The fourth-order valence-corrected chi connectivity index (χ4v) is 2.81. The van der Waals surface area contributed by atoms with Crippen molar-refractivity contribution in [2.75, 3.05) is 3.11 Å². The van der Waals surface area contributed by atoms with Crippen LogP contribution >= 0.6 is 22.9 Å². The monoisotopic (exact) mass is 351 g/mol. The summed E-state index contributed by atoms with van der Waals surface area (Å²) in [6.45, 7) is 8.61. The molecule has 0 fully saturated rings. The average Bonchev–Trinajstić information content (AvgIpc) is 2.34. The highest BCUT2D eigenvalue weighted by Gasteiger charge is 2.10. The fraction of sp³-hybridized carbons (Fsp3) is 0.250. The Morgan fingerprint density at radius 3 is 1.94 bits per heavy atom. The normalized spacial score (nSPS) is 10.5. The van der Waals surface area contributed by atoms with Crippen LogP contribution < -0.4 is 3.11 Å². The number of benzene rings is 2. The lowest BCUT2D eigenvalue weighted by molar-refractivity contribution is 1.28. The van der Waals surface area contributed by atoms with Crippen molar-refractivity contribution in [2.45, 2.75) is 27.7 Å². The lowest BCUT2D eigenvalue weighted by Crippen LogP contribution is -2.03. The number of hydrogen-bond acceptors (Lipinski definition) is 1. The van der Waals surface area contributed by atoms with E-state index >= 15 is 0 Å². The van der Waals surface area contributed by atoms with Crippen LogP contribution in [0.25, 0.3) is 0 Å². The van der Waals surface area contributed by atoms with Crippen LogP contribution in [-0.2, 0) is 0 Å². The summed E-state index contributed by atoms with van der Waals surface area (Å²) in [4.78, 5) is 0. The summed E-state index contributed by atoms with van der Waals surface area (Å²) in [5.74, 6) is 0. The molecule has 0 N–H and O–H groups in total. The zero-order valence-corrected chi connectivity index (χ0v) is 13.4. The second-order valence-electron chi connectivity index (χ2n) is 4.84. The third-order valence-corrected chi connectivity index (χ3v) is 4.36. The van der Waals surface area contributed by atoms with Gasteiger partial charge in [0.15, 0.2) is 0 Å². The molecule has 0 aliphatic heterocycles. The topological polar surface area (TPSA) is 3.24 Å². The minimum absolute atomic E-state index is 1.22. The molecule has 0 atom stereocenters.